The first-order valence-electron chi connectivity index (χ1n) is 10.8. The van der Waals surface area contributed by atoms with E-state index in [2.05, 4.69) is 22.8 Å². The van der Waals surface area contributed by atoms with Gasteiger partial charge in [-0.25, -0.2) is 0 Å². The first-order valence-corrected chi connectivity index (χ1v) is 10.8. The second kappa shape index (κ2) is 13.4. The second-order valence-electron chi connectivity index (χ2n) is 7.83. The van der Waals surface area contributed by atoms with E-state index in [1.165, 1.54) is 43.4 Å². The Morgan fingerprint density at radius 2 is 1.89 bits per heavy atom. The van der Waals surface area contributed by atoms with Crippen LogP contribution >= 0.6 is 0 Å². The molecule has 2 rings (SSSR count). The molecule has 0 aromatic carbocycles. The summed E-state index contributed by atoms with van der Waals surface area (Å²) in [6.45, 7) is 6.00. The Morgan fingerprint density at radius 1 is 1.07 bits per heavy atom. The van der Waals surface area contributed by atoms with Crippen LogP contribution in [0.2, 0.25) is 0 Å². The molecule has 2 unspecified atom stereocenters. The minimum Gasteiger partial charge on any atom is -0.385 e. The molecule has 2 atom stereocenters. The van der Waals surface area contributed by atoms with Gasteiger partial charge in [-0.05, 0) is 77.0 Å². The molecular weight excluding hydrogens is 337 g/mol. The molecule has 1 saturated carbocycles. The average molecular weight is 375 g/mol. The van der Waals surface area contributed by atoms with Crippen LogP contribution in [0.3, 0.4) is 0 Å². The SMILES string of the molecule is [B]C1=C2CCC(OCCCNCCCCCCOC)CCCC2C(C)=NN1. The molecule has 1 fully saturated rings. The van der Waals surface area contributed by atoms with E-state index in [0.717, 1.165) is 64.0 Å². The zero-order valence-corrected chi connectivity index (χ0v) is 17.4. The summed E-state index contributed by atoms with van der Waals surface area (Å²) in [5.41, 5.74) is 6.24. The van der Waals surface area contributed by atoms with Crippen molar-refractivity contribution < 1.29 is 9.47 Å². The Kier molecular flexibility index (Phi) is 11.1. The van der Waals surface area contributed by atoms with Crippen molar-refractivity contribution in [2.45, 2.75) is 77.2 Å². The van der Waals surface area contributed by atoms with Gasteiger partial charge in [-0.2, -0.15) is 5.10 Å². The number of nitrogens with zero attached hydrogens (tertiary/aromatic N) is 1. The van der Waals surface area contributed by atoms with E-state index in [9.17, 15) is 0 Å². The van der Waals surface area contributed by atoms with Gasteiger partial charge in [0.1, 0.15) is 7.85 Å². The highest BCUT2D eigenvalue weighted by Crippen LogP contribution is 2.32. The quantitative estimate of drug-likeness (QED) is 0.405. The van der Waals surface area contributed by atoms with Crippen LogP contribution in [0, 0.1) is 5.92 Å². The molecule has 0 aromatic rings. The molecule has 1 aliphatic carbocycles. The number of fused-ring (bicyclic) bond motifs is 1. The predicted molar refractivity (Wildman–Crippen MR) is 113 cm³/mol. The minimum atomic E-state index is 0.367. The maximum atomic E-state index is 6.16. The number of hydrogen-bond acceptors (Lipinski definition) is 5. The molecule has 1 heterocycles. The van der Waals surface area contributed by atoms with Crippen LogP contribution in [0.5, 0.6) is 0 Å². The Labute approximate surface area is 167 Å². The third-order valence-corrected chi connectivity index (χ3v) is 5.68. The zero-order valence-electron chi connectivity index (χ0n) is 17.4. The van der Waals surface area contributed by atoms with Crippen LogP contribution in [0.4, 0.5) is 0 Å². The lowest BCUT2D eigenvalue weighted by molar-refractivity contribution is 0.0362. The van der Waals surface area contributed by atoms with Gasteiger partial charge in [0.2, 0.25) is 0 Å². The van der Waals surface area contributed by atoms with Crippen molar-refractivity contribution in [3.05, 3.63) is 11.2 Å². The fraction of sp³-hybridized carbons (Fsp3) is 0.857. The first-order chi connectivity index (χ1) is 13.2. The van der Waals surface area contributed by atoms with E-state index in [4.69, 9.17) is 17.3 Å². The van der Waals surface area contributed by atoms with Gasteiger partial charge in [0.15, 0.2) is 0 Å². The van der Waals surface area contributed by atoms with Crippen molar-refractivity contribution in [1.82, 2.24) is 10.7 Å². The molecule has 0 bridgehead atoms. The fourth-order valence-corrected chi connectivity index (χ4v) is 4.03. The van der Waals surface area contributed by atoms with Gasteiger partial charge in [0, 0.05) is 32.0 Å². The summed E-state index contributed by atoms with van der Waals surface area (Å²) < 4.78 is 11.2. The Bertz CT molecular complexity index is 482. The van der Waals surface area contributed by atoms with E-state index in [-0.39, 0.29) is 0 Å². The van der Waals surface area contributed by atoms with Crippen molar-refractivity contribution in [2.24, 2.45) is 11.0 Å². The third kappa shape index (κ3) is 8.36. The van der Waals surface area contributed by atoms with E-state index < -0.39 is 0 Å². The van der Waals surface area contributed by atoms with Crippen molar-refractivity contribution >= 4 is 13.6 Å². The smallest absolute Gasteiger partial charge is 0.140 e. The number of nitrogens with one attached hydrogen (secondary N) is 2. The molecule has 152 valence electrons. The molecule has 0 saturated heterocycles. The maximum absolute atomic E-state index is 6.16. The van der Waals surface area contributed by atoms with Crippen molar-refractivity contribution in [3.8, 4) is 0 Å². The van der Waals surface area contributed by atoms with Gasteiger partial charge >= 0.3 is 0 Å². The number of hydrogen-bond donors (Lipinski definition) is 2. The van der Waals surface area contributed by atoms with Gasteiger partial charge in [-0.15, -0.1) is 0 Å². The average Bonchev–Trinajstić information content (AvgIpc) is 2.64. The summed E-state index contributed by atoms with van der Waals surface area (Å²) in [4.78, 5) is 0. The number of rotatable bonds is 12. The fourth-order valence-electron chi connectivity index (χ4n) is 4.03. The van der Waals surface area contributed by atoms with Gasteiger partial charge in [0.05, 0.1) is 6.10 Å². The first kappa shape index (κ1) is 22.4. The standard InChI is InChI=1S/C21H38BN3O2/c1-17-19-10-7-9-18(11-12-20(19)21(22)25-24-17)27-16-8-14-23-13-5-3-4-6-15-26-2/h18-19,23,25H,3-16H2,1-2H3. The number of unbranched alkanes of at least 4 members (excludes halogenated alkanes) is 3. The van der Waals surface area contributed by atoms with Crippen LogP contribution in [-0.4, -0.2) is 53.1 Å². The number of hydrazone groups is 1. The molecule has 2 aliphatic rings. The van der Waals surface area contributed by atoms with E-state index in [1.54, 1.807) is 7.11 Å². The number of allylic oxidation sites excluding steroid dienone is 1. The van der Waals surface area contributed by atoms with Gasteiger partial charge in [-0.1, -0.05) is 18.4 Å². The van der Waals surface area contributed by atoms with E-state index in [1.807, 2.05) is 0 Å². The molecule has 0 spiro atoms. The minimum absolute atomic E-state index is 0.367. The summed E-state index contributed by atoms with van der Waals surface area (Å²) in [5, 5.41) is 7.86. The Balaban J connectivity index is 1.52. The van der Waals surface area contributed by atoms with Crippen LogP contribution < -0.4 is 10.7 Å². The monoisotopic (exact) mass is 375 g/mol. The maximum Gasteiger partial charge on any atom is 0.140 e. The summed E-state index contributed by atoms with van der Waals surface area (Å²) in [7, 11) is 7.91. The molecule has 0 aromatic heterocycles. The molecule has 2 radical (unpaired) electrons. The summed E-state index contributed by atoms with van der Waals surface area (Å²) in [5.74, 6) is 0.436. The van der Waals surface area contributed by atoms with Gasteiger partial charge in [0.25, 0.3) is 0 Å². The zero-order chi connectivity index (χ0) is 19.3. The normalized spacial score (nSPS) is 23.3. The molecule has 2 N–H and O–H groups in total. The van der Waals surface area contributed by atoms with E-state index >= 15 is 0 Å². The second-order valence-corrected chi connectivity index (χ2v) is 7.83. The highest BCUT2D eigenvalue weighted by molar-refractivity contribution is 6.22. The highest BCUT2D eigenvalue weighted by Gasteiger charge is 2.26. The largest absolute Gasteiger partial charge is 0.385 e. The molecule has 0 amide bonds. The summed E-state index contributed by atoms with van der Waals surface area (Å²) >= 11 is 0. The van der Waals surface area contributed by atoms with Crippen LogP contribution in [0.15, 0.2) is 16.3 Å². The summed E-state index contributed by atoms with van der Waals surface area (Å²) in [6, 6.07) is 0. The third-order valence-electron chi connectivity index (χ3n) is 5.68. The lowest BCUT2D eigenvalue weighted by Crippen LogP contribution is -2.30. The number of methoxy groups -OCH3 is 1. The van der Waals surface area contributed by atoms with Crippen LogP contribution in [0.1, 0.15) is 71.1 Å². The Hall–Kier alpha value is -0.845. The van der Waals surface area contributed by atoms with E-state index in [0.29, 0.717) is 12.0 Å². The van der Waals surface area contributed by atoms with Gasteiger partial charge < -0.3 is 14.8 Å². The van der Waals surface area contributed by atoms with Crippen LogP contribution in [-0.2, 0) is 9.47 Å². The molecule has 6 heteroatoms. The van der Waals surface area contributed by atoms with Crippen molar-refractivity contribution in [3.63, 3.8) is 0 Å². The van der Waals surface area contributed by atoms with Crippen LogP contribution in [0.25, 0.3) is 0 Å². The summed E-state index contributed by atoms with van der Waals surface area (Å²) in [6.07, 6.45) is 12.0. The molecular formula is C21H38BN3O2. The topological polar surface area (TPSA) is 54.9 Å². The lowest BCUT2D eigenvalue weighted by Gasteiger charge is -2.31. The highest BCUT2D eigenvalue weighted by atomic mass is 16.5. The van der Waals surface area contributed by atoms with Crippen molar-refractivity contribution in [1.29, 1.82) is 0 Å². The lowest BCUT2D eigenvalue weighted by atomic mass is 9.78. The van der Waals surface area contributed by atoms with Gasteiger partial charge in [-0.3, -0.25) is 5.43 Å². The predicted octanol–water partition coefficient (Wildman–Crippen LogP) is 3.50. The molecule has 5 nitrogen and oxygen atoms in total. The molecule has 27 heavy (non-hydrogen) atoms. The number of ether oxygens (including phenoxy) is 2. The van der Waals surface area contributed by atoms with Crippen molar-refractivity contribution in [2.75, 3.05) is 33.4 Å². The Morgan fingerprint density at radius 3 is 2.74 bits per heavy atom. The molecule has 1 aliphatic heterocycles.